The Kier molecular flexibility index (Phi) is 8.00. The van der Waals surface area contributed by atoms with Gasteiger partial charge in [-0.25, -0.2) is 8.42 Å². The molecule has 0 aliphatic heterocycles. The molecule has 0 atom stereocenters. The van der Waals surface area contributed by atoms with Crippen LogP contribution in [0.3, 0.4) is 0 Å². The molecule has 0 saturated heterocycles. The normalized spacial score (nSPS) is 11.2. The first-order valence-corrected chi connectivity index (χ1v) is 12.3. The van der Waals surface area contributed by atoms with Gasteiger partial charge in [-0.15, -0.1) is 0 Å². The number of sulfonamides is 1. The topological polar surface area (TPSA) is 75.7 Å². The fourth-order valence-corrected chi connectivity index (χ4v) is 4.87. The van der Waals surface area contributed by atoms with Gasteiger partial charge < -0.3 is 10.1 Å². The molecule has 0 heterocycles. The Morgan fingerprint density at radius 3 is 2.33 bits per heavy atom. The van der Waals surface area contributed by atoms with Gasteiger partial charge in [0, 0.05) is 5.02 Å². The van der Waals surface area contributed by atoms with Crippen molar-refractivity contribution in [1.29, 1.82) is 0 Å². The number of benzene rings is 3. The zero-order valence-electron chi connectivity index (χ0n) is 18.8. The van der Waals surface area contributed by atoms with Gasteiger partial charge in [-0.1, -0.05) is 41.4 Å². The Labute approximate surface area is 200 Å². The maximum atomic E-state index is 13.3. The molecule has 8 heteroatoms. The van der Waals surface area contributed by atoms with Crippen LogP contribution in [0.5, 0.6) is 5.75 Å². The third kappa shape index (κ3) is 6.49. The summed E-state index contributed by atoms with van der Waals surface area (Å²) < 4.78 is 33.5. The second-order valence-electron chi connectivity index (χ2n) is 7.77. The largest absolute Gasteiger partial charge is 0.491 e. The predicted octanol–water partition coefficient (Wildman–Crippen LogP) is 4.66. The summed E-state index contributed by atoms with van der Waals surface area (Å²) in [7, 11) is -3.98. The number of amides is 1. The molecule has 0 fully saturated rings. The molecule has 3 aromatic carbocycles. The smallest absolute Gasteiger partial charge is 0.264 e. The van der Waals surface area contributed by atoms with Gasteiger partial charge in [0.15, 0.2) is 0 Å². The molecule has 174 valence electrons. The summed E-state index contributed by atoms with van der Waals surface area (Å²) >= 11 is 5.91. The standard InChI is InChI=1S/C25H27ClN2O4S/c1-18-5-4-6-22(16-18)28(33(30,31)23-10-8-21(26)9-11-23)17-25(29)27-13-14-32-24-12-7-19(2)15-20(24)3/h4-12,15-16H,13-14,17H2,1-3H3,(H,27,29). The number of aryl methyl sites for hydroxylation is 3. The molecule has 0 aliphatic rings. The Bertz CT molecular complexity index is 1230. The number of carbonyl (C=O) groups is 1. The maximum Gasteiger partial charge on any atom is 0.264 e. The summed E-state index contributed by atoms with van der Waals surface area (Å²) in [6.45, 7) is 5.98. The summed E-state index contributed by atoms with van der Waals surface area (Å²) in [6.07, 6.45) is 0. The van der Waals surface area contributed by atoms with Gasteiger partial charge >= 0.3 is 0 Å². The van der Waals surface area contributed by atoms with Crippen LogP contribution in [0, 0.1) is 20.8 Å². The lowest BCUT2D eigenvalue weighted by atomic mass is 10.1. The van der Waals surface area contributed by atoms with Crippen LogP contribution in [0.15, 0.2) is 71.6 Å². The third-order valence-electron chi connectivity index (χ3n) is 4.99. The van der Waals surface area contributed by atoms with Crippen LogP contribution in [-0.2, 0) is 14.8 Å². The first-order valence-electron chi connectivity index (χ1n) is 10.5. The highest BCUT2D eigenvalue weighted by molar-refractivity contribution is 7.92. The van der Waals surface area contributed by atoms with Crippen LogP contribution >= 0.6 is 11.6 Å². The second kappa shape index (κ2) is 10.7. The van der Waals surface area contributed by atoms with Gasteiger partial charge in [-0.05, 0) is 74.4 Å². The summed E-state index contributed by atoms with van der Waals surface area (Å²) in [4.78, 5) is 12.7. The van der Waals surface area contributed by atoms with Crippen LogP contribution in [0.25, 0.3) is 0 Å². The lowest BCUT2D eigenvalue weighted by Crippen LogP contribution is -2.42. The third-order valence-corrected chi connectivity index (χ3v) is 7.03. The molecule has 0 bridgehead atoms. The van der Waals surface area contributed by atoms with Crippen molar-refractivity contribution >= 4 is 33.2 Å². The first-order chi connectivity index (χ1) is 15.7. The number of hydrogen-bond donors (Lipinski definition) is 1. The fourth-order valence-electron chi connectivity index (χ4n) is 3.33. The second-order valence-corrected chi connectivity index (χ2v) is 10.1. The number of anilines is 1. The molecule has 6 nitrogen and oxygen atoms in total. The highest BCUT2D eigenvalue weighted by Crippen LogP contribution is 2.25. The Morgan fingerprint density at radius 2 is 1.67 bits per heavy atom. The molecule has 3 aromatic rings. The summed E-state index contributed by atoms with van der Waals surface area (Å²) in [6, 6.07) is 18.8. The Balaban J connectivity index is 1.70. The highest BCUT2D eigenvalue weighted by Gasteiger charge is 2.27. The number of carbonyl (C=O) groups excluding carboxylic acids is 1. The molecule has 1 amide bonds. The lowest BCUT2D eigenvalue weighted by molar-refractivity contribution is -0.119. The fraction of sp³-hybridized carbons (Fsp3) is 0.240. The molecule has 0 radical (unpaired) electrons. The van der Waals surface area contributed by atoms with E-state index in [9.17, 15) is 13.2 Å². The molecule has 0 aliphatic carbocycles. The van der Waals surface area contributed by atoms with Crippen LogP contribution in [-0.4, -0.2) is 34.0 Å². The molecule has 0 spiro atoms. The highest BCUT2D eigenvalue weighted by atomic mass is 35.5. The SMILES string of the molecule is Cc1cccc(N(CC(=O)NCCOc2ccc(C)cc2C)S(=O)(=O)c2ccc(Cl)cc2)c1. The molecular weight excluding hydrogens is 460 g/mol. The number of ether oxygens (including phenoxy) is 1. The number of hydrogen-bond acceptors (Lipinski definition) is 4. The van der Waals surface area contributed by atoms with E-state index in [1.54, 1.807) is 18.2 Å². The van der Waals surface area contributed by atoms with Gasteiger partial charge in [-0.3, -0.25) is 9.10 Å². The van der Waals surface area contributed by atoms with Gasteiger partial charge in [-0.2, -0.15) is 0 Å². The van der Waals surface area contributed by atoms with Gasteiger partial charge in [0.25, 0.3) is 10.0 Å². The minimum absolute atomic E-state index is 0.0550. The summed E-state index contributed by atoms with van der Waals surface area (Å²) in [5, 5.41) is 3.17. The zero-order chi connectivity index (χ0) is 24.0. The summed E-state index contributed by atoms with van der Waals surface area (Å²) in [5.74, 6) is 0.319. The van der Waals surface area contributed by atoms with E-state index in [0.717, 1.165) is 26.7 Å². The van der Waals surface area contributed by atoms with Gasteiger partial charge in [0.1, 0.15) is 18.9 Å². The number of nitrogens with one attached hydrogen (secondary N) is 1. The monoisotopic (exact) mass is 486 g/mol. The summed E-state index contributed by atoms with van der Waals surface area (Å²) in [5.41, 5.74) is 3.45. The van der Waals surface area contributed by atoms with Crippen LogP contribution < -0.4 is 14.4 Å². The van der Waals surface area contributed by atoms with E-state index < -0.39 is 15.9 Å². The first kappa shape index (κ1) is 24.6. The average molecular weight is 487 g/mol. The minimum Gasteiger partial charge on any atom is -0.491 e. The number of halogens is 1. The number of rotatable bonds is 9. The van der Waals surface area contributed by atoms with E-state index in [4.69, 9.17) is 16.3 Å². The van der Waals surface area contributed by atoms with Crippen LogP contribution in [0.2, 0.25) is 5.02 Å². The van der Waals surface area contributed by atoms with Gasteiger partial charge in [0.2, 0.25) is 5.91 Å². The molecule has 0 saturated carbocycles. The van der Waals surface area contributed by atoms with Crippen molar-refractivity contribution in [2.75, 3.05) is 24.0 Å². The molecular formula is C25H27ClN2O4S. The van der Waals surface area contributed by atoms with E-state index in [1.165, 1.54) is 24.3 Å². The molecule has 33 heavy (non-hydrogen) atoms. The Hall–Kier alpha value is -3.03. The van der Waals surface area contributed by atoms with Crippen molar-refractivity contribution in [3.05, 3.63) is 88.4 Å². The van der Waals surface area contributed by atoms with Crippen LogP contribution in [0.1, 0.15) is 16.7 Å². The van der Waals surface area contributed by atoms with Gasteiger partial charge in [0.05, 0.1) is 17.1 Å². The Morgan fingerprint density at radius 1 is 0.970 bits per heavy atom. The van der Waals surface area contributed by atoms with E-state index in [2.05, 4.69) is 5.32 Å². The minimum atomic E-state index is -3.98. The molecule has 0 unspecified atom stereocenters. The average Bonchev–Trinajstić information content (AvgIpc) is 2.76. The van der Waals surface area contributed by atoms with Crippen molar-refractivity contribution in [1.82, 2.24) is 5.32 Å². The quantitative estimate of drug-likeness (QED) is 0.446. The van der Waals surface area contributed by atoms with Crippen LogP contribution in [0.4, 0.5) is 5.69 Å². The maximum absolute atomic E-state index is 13.3. The lowest BCUT2D eigenvalue weighted by Gasteiger charge is -2.24. The zero-order valence-corrected chi connectivity index (χ0v) is 20.4. The van der Waals surface area contributed by atoms with E-state index in [1.807, 2.05) is 45.0 Å². The van der Waals surface area contributed by atoms with E-state index in [0.29, 0.717) is 10.7 Å². The van der Waals surface area contributed by atoms with Crippen molar-refractivity contribution in [3.8, 4) is 5.75 Å². The van der Waals surface area contributed by atoms with Crippen molar-refractivity contribution < 1.29 is 17.9 Å². The molecule has 0 aromatic heterocycles. The van der Waals surface area contributed by atoms with Crippen molar-refractivity contribution in [2.24, 2.45) is 0 Å². The molecule has 3 rings (SSSR count). The van der Waals surface area contributed by atoms with E-state index >= 15 is 0 Å². The van der Waals surface area contributed by atoms with Crippen molar-refractivity contribution in [3.63, 3.8) is 0 Å². The molecule has 1 N–H and O–H groups in total. The predicted molar refractivity (Wildman–Crippen MR) is 132 cm³/mol. The van der Waals surface area contributed by atoms with E-state index in [-0.39, 0.29) is 24.6 Å². The van der Waals surface area contributed by atoms with Crippen molar-refractivity contribution in [2.45, 2.75) is 25.7 Å². The number of nitrogens with zero attached hydrogens (tertiary/aromatic N) is 1.